The normalized spacial score (nSPS) is 36.3. The number of piperidine rings is 1. The fourth-order valence-electron chi connectivity index (χ4n) is 7.09. The number of carbonyl (C=O) groups is 1. The fraction of sp³-hybridized carbons (Fsp3) is 0.731. The Morgan fingerprint density at radius 3 is 2.83 bits per heavy atom. The maximum Gasteiger partial charge on any atom is 0.220 e. The fourth-order valence-corrected chi connectivity index (χ4v) is 7.09. The molecule has 1 aliphatic heterocycles. The first-order chi connectivity index (χ1) is 14.5. The third-order valence-electron chi connectivity index (χ3n) is 8.18. The van der Waals surface area contributed by atoms with Gasteiger partial charge in [-0.3, -0.25) is 4.79 Å². The number of hydrogen-bond acceptors (Lipinski definition) is 2. The Bertz CT molecular complexity index is 706. The quantitative estimate of drug-likeness (QED) is 0.636. The molecule has 4 rings (SSSR count). The molecule has 5 atom stereocenters. The number of rotatable bonds is 7. The molecule has 2 aliphatic carbocycles. The zero-order valence-corrected chi connectivity index (χ0v) is 18.6. The Hall–Kier alpha value is -1.42. The molecule has 1 heterocycles. The number of halogens is 1. The summed E-state index contributed by atoms with van der Waals surface area (Å²) in [5.74, 6) is 0.629. The first-order valence-electron chi connectivity index (χ1n) is 12.2. The van der Waals surface area contributed by atoms with Crippen LogP contribution in [0.5, 0.6) is 0 Å². The second kappa shape index (κ2) is 9.38. The lowest BCUT2D eigenvalue weighted by Gasteiger charge is -2.56. The summed E-state index contributed by atoms with van der Waals surface area (Å²) >= 11 is 0. The molecule has 1 amide bonds. The van der Waals surface area contributed by atoms with E-state index in [-0.39, 0.29) is 17.4 Å². The van der Waals surface area contributed by atoms with Gasteiger partial charge >= 0.3 is 0 Å². The molecule has 2 bridgehead atoms. The molecule has 3 aliphatic rings. The third kappa shape index (κ3) is 4.74. The molecule has 0 radical (unpaired) electrons. The molecule has 3 nitrogen and oxygen atoms in total. The molecule has 1 aromatic carbocycles. The van der Waals surface area contributed by atoms with Crippen molar-refractivity contribution in [1.82, 2.24) is 10.6 Å². The van der Waals surface area contributed by atoms with E-state index in [4.69, 9.17) is 0 Å². The van der Waals surface area contributed by atoms with Crippen molar-refractivity contribution >= 4 is 5.91 Å². The van der Waals surface area contributed by atoms with E-state index in [1.165, 1.54) is 56.9 Å². The van der Waals surface area contributed by atoms with Crippen LogP contribution in [0.3, 0.4) is 0 Å². The Balaban J connectivity index is 1.43. The minimum Gasteiger partial charge on any atom is -0.350 e. The van der Waals surface area contributed by atoms with Crippen LogP contribution in [0.15, 0.2) is 30.3 Å². The second-order valence-electron chi connectivity index (χ2n) is 10.4. The van der Waals surface area contributed by atoms with Crippen molar-refractivity contribution in [2.75, 3.05) is 13.1 Å². The second-order valence-corrected chi connectivity index (χ2v) is 10.4. The van der Waals surface area contributed by atoms with E-state index in [0.717, 1.165) is 13.0 Å². The van der Waals surface area contributed by atoms with E-state index in [9.17, 15) is 9.18 Å². The first kappa shape index (κ1) is 21.8. The van der Waals surface area contributed by atoms with Crippen molar-refractivity contribution in [2.45, 2.75) is 95.2 Å². The zero-order valence-electron chi connectivity index (χ0n) is 18.6. The predicted octanol–water partition coefficient (Wildman–Crippen LogP) is 5.29. The summed E-state index contributed by atoms with van der Waals surface area (Å²) in [6.45, 7) is 3.46. The summed E-state index contributed by atoms with van der Waals surface area (Å²) in [4.78, 5) is 12.6. The molecule has 1 saturated heterocycles. The summed E-state index contributed by atoms with van der Waals surface area (Å²) in [5, 5.41) is 6.03. The molecule has 166 valence electrons. The highest BCUT2D eigenvalue weighted by Crippen LogP contribution is 2.60. The predicted molar refractivity (Wildman–Crippen MR) is 120 cm³/mol. The lowest BCUT2D eigenvalue weighted by Crippen LogP contribution is -2.51. The van der Waals surface area contributed by atoms with E-state index < -0.39 is 6.17 Å². The van der Waals surface area contributed by atoms with Crippen molar-refractivity contribution in [3.8, 4) is 0 Å². The number of nitrogens with one attached hydrogen (secondary N) is 2. The van der Waals surface area contributed by atoms with Gasteiger partial charge in [-0.05, 0) is 80.2 Å². The smallest absolute Gasteiger partial charge is 0.220 e. The Morgan fingerprint density at radius 1 is 1.23 bits per heavy atom. The Morgan fingerprint density at radius 2 is 2.07 bits per heavy atom. The Labute approximate surface area is 181 Å². The molecule has 30 heavy (non-hydrogen) atoms. The minimum atomic E-state index is -0.967. The van der Waals surface area contributed by atoms with Gasteiger partial charge in [0.2, 0.25) is 5.91 Å². The van der Waals surface area contributed by atoms with Crippen LogP contribution >= 0.6 is 0 Å². The SMILES string of the molecule is CCC[C@@]12CCC[C@@](c3ccccc3)(CC(CCC(=O)N[C@@H]3CCNC[C@@H]3F)C1)C2. The van der Waals surface area contributed by atoms with Crippen molar-refractivity contribution in [3.63, 3.8) is 0 Å². The van der Waals surface area contributed by atoms with E-state index in [2.05, 4.69) is 47.9 Å². The van der Waals surface area contributed by atoms with E-state index in [1.807, 2.05) is 0 Å². The van der Waals surface area contributed by atoms with Crippen molar-refractivity contribution in [2.24, 2.45) is 11.3 Å². The van der Waals surface area contributed by atoms with Crippen LogP contribution in [0.1, 0.15) is 83.1 Å². The van der Waals surface area contributed by atoms with Crippen LogP contribution < -0.4 is 10.6 Å². The maximum atomic E-state index is 14.1. The van der Waals surface area contributed by atoms with E-state index in [1.54, 1.807) is 0 Å². The highest BCUT2D eigenvalue weighted by molar-refractivity contribution is 5.76. The molecule has 1 aromatic rings. The van der Waals surface area contributed by atoms with Crippen LogP contribution in [0, 0.1) is 11.3 Å². The molecule has 4 heteroatoms. The van der Waals surface area contributed by atoms with Gasteiger partial charge in [0.1, 0.15) is 6.17 Å². The van der Waals surface area contributed by atoms with Crippen LogP contribution in [0.2, 0.25) is 0 Å². The average molecular weight is 415 g/mol. The van der Waals surface area contributed by atoms with E-state index >= 15 is 0 Å². The number of benzene rings is 1. The standard InChI is InChI=1S/C26H39FN2O/c1-2-12-25-13-6-14-26(19-25,21-7-4-3-5-8-21)17-20(16-25)9-10-24(30)29-23-11-15-28-18-22(23)27/h3-5,7-8,20,22-23,28H,2,6,9-19H2,1H3,(H,29,30)/t20?,22-,23+,25+,26+/m0/s1. The van der Waals surface area contributed by atoms with Gasteiger partial charge in [0.25, 0.3) is 0 Å². The van der Waals surface area contributed by atoms with Gasteiger partial charge in [-0.15, -0.1) is 0 Å². The molecule has 1 unspecified atom stereocenters. The van der Waals surface area contributed by atoms with Crippen molar-refractivity contribution in [3.05, 3.63) is 35.9 Å². The summed E-state index contributed by atoms with van der Waals surface area (Å²) < 4.78 is 14.1. The lowest BCUT2D eigenvalue weighted by atomic mass is 9.49. The highest BCUT2D eigenvalue weighted by Gasteiger charge is 2.50. The van der Waals surface area contributed by atoms with Gasteiger partial charge in [0.15, 0.2) is 0 Å². The molecule has 2 saturated carbocycles. The largest absolute Gasteiger partial charge is 0.350 e. The zero-order chi connectivity index (χ0) is 21.0. The van der Waals surface area contributed by atoms with Crippen LogP contribution in [0.25, 0.3) is 0 Å². The maximum absolute atomic E-state index is 14.1. The summed E-state index contributed by atoms with van der Waals surface area (Å²) in [6.07, 6.45) is 11.5. The third-order valence-corrected chi connectivity index (χ3v) is 8.18. The lowest BCUT2D eigenvalue weighted by molar-refractivity contribution is -0.123. The van der Waals surface area contributed by atoms with Gasteiger partial charge < -0.3 is 10.6 Å². The number of carbonyl (C=O) groups excluding carboxylic acids is 1. The molecule has 0 aromatic heterocycles. The van der Waals surface area contributed by atoms with E-state index in [0.29, 0.717) is 30.7 Å². The summed E-state index contributed by atoms with van der Waals surface area (Å²) in [5.41, 5.74) is 2.24. The summed E-state index contributed by atoms with van der Waals surface area (Å²) in [7, 11) is 0. The van der Waals surface area contributed by atoms with Crippen molar-refractivity contribution < 1.29 is 9.18 Å². The number of amides is 1. The van der Waals surface area contributed by atoms with Gasteiger partial charge in [-0.1, -0.05) is 50.1 Å². The highest BCUT2D eigenvalue weighted by atomic mass is 19.1. The molecular formula is C26H39FN2O. The number of alkyl halides is 1. The van der Waals surface area contributed by atoms with Crippen molar-refractivity contribution in [1.29, 1.82) is 0 Å². The van der Waals surface area contributed by atoms with Gasteiger partial charge in [0.05, 0.1) is 6.04 Å². The number of hydrogen-bond donors (Lipinski definition) is 2. The monoisotopic (exact) mass is 414 g/mol. The first-order valence-corrected chi connectivity index (χ1v) is 12.2. The van der Waals surface area contributed by atoms with Gasteiger partial charge in [-0.25, -0.2) is 4.39 Å². The summed E-state index contributed by atoms with van der Waals surface area (Å²) in [6, 6.07) is 10.8. The van der Waals surface area contributed by atoms with Gasteiger partial charge in [-0.2, -0.15) is 0 Å². The number of fused-ring (bicyclic) bond motifs is 2. The minimum absolute atomic E-state index is 0.0404. The molecule has 2 N–H and O–H groups in total. The van der Waals surface area contributed by atoms with Gasteiger partial charge in [0, 0.05) is 13.0 Å². The van der Waals surface area contributed by atoms with Crippen LogP contribution in [-0.4, -0.2) is 31.2 Å². The van der Waals surface area contributed by atoms with Crippen LogP contribution in [-0.2, 0) is 10.2 Å². The molecule has 0 spiro atoms. The Kier molecular flexibility index (Phi) is 6.81. The van der Waals surface area contributed by atoms with Crippen LogP contribution in [0.4, 0.5) is 4.39 Å². The topological polar surface area (TPSA) is 41.1 Å². The average Bonchev–Trinajstić information content (AvgIpc) is 2.74. The molecule has 3 fully saturated rings. The molecular weight excluding hydrogens is 375 g/mol.